The van der Waals surface area contributed by atoms with Crippen molar-refractivity contribution < 1.29 is 27.4 Å². The van der Waals surface area contributed by atoms with Crippen molar-refractivity contribution in [1.29, 1.82) is 0 Å². The quantitative estimate of drug-likeness (QED) is 0.200. The summed E-state index contributed by atoms with van der Waals surface area (Å²) in [5, 5.41) is 0.0238. The number of amides is 1. The molecule has 5 atom stereocenters. The number of nitrogens with one attached hydrogen (secondary N) is 1. The molecule has 3 aliphatic rings. The number of benzene rings is 2. The highest BCUT2D eigenvalue weighted by Crippen LogP contribution is 2.45. The lowest BCUT2D eigenvalue weighted by molar-refractivity contribution is -0.115. The lowest BCUT2D eigenvalue weighted by Gasteiger charge is -2.51. The number of halogens is 1. The molecular weight excluding hydrogens is 712 g/mol. The molecule has 2 aromatic rings. The Morgan fingerprint density at radius 3 is 2.45 bits per heavy atom. The molecule has 1 amide bonds. The average Bonchev–Trinajstić information content (AvgIpc) is 3.16. The zero-order chi connectivity index (χ0) is 38.2. The summed E-state index contributed by atoms with van der Waals surface area (Å²) in [5.74, 6) is 0.732. The van der Waals surface area contributed by atoms with Crippen molar-refractivity contribution in [2.24, 2.45) is 17.8 Å². The second kappa shape index (κ2) is 19.0. The highest BCUT2D eigenvalue weighted by Gasteiger charge is 2.46. The first-order valence-electron chi connectivity index (χ1n) is 19.7. The zero-order valence-corrected chi connectivity index (χ0v) is 34.4. The lowest BCUT2D eigenvalue weighted by Crippen LogP contribution is -2.58. The molecule has 5 rings (SSSR count). The molecule has 1 aliphatic carbocycles. The summed E-state index contributed by atoms with van der Waals surface area (Å²) in [6.45, 7) is 16.7. The monoisotopic (exact) mass is 774 g/mol. The summed E-state index contributed by atoms with van der Waals surface area (Å²) in [5.41, 5.74) is 3.10. The van der Waals surface area contributed by atoms with Crippen LogP contribution in [0.3, 0.4) is 0 Å². The van der Waals surface area contributed by atoms with E-state index in [4.69, 9.17) is 25.8 Å². The normalized spacial score (nSPS) is 22.6. The summed E-state index contributed by atoms with van der Waals surface area (Å²) in [4.78, 5) is 21.1. The van der Waals surface area contributed by atoms with Crippen LogP contribution in [0.4, 0.5) is 5.69 Å². The fraction of sp³-hybridized carbons (Fsp3) is 0.683. The minimum absolute atomic E-state index is 0.0849. The number of fused-ring (bicyclic) bond motifs is 2. The van der Waals surface area contributed by atoms with Gasteiger partial charge in [0, 0.05) is 83.8 Å². The van der Waals surface area contributed by atoms with Crippen LogP contribution in [0.15, 0.2) is 36.4 Å². The first kappa shape index (κ1) is 41.7. The summed E-state index contributed by atoms with van der Waals surface area (Å²) >= 11 is 6.40. The predicted molar refractivity (Wildman–Crippen MR) is 214 cm³/mol. The Bertz CT molecular complexity index is 1620. The van der Waals surface area contributed by atoms with Crippen LogP contribution in [0.1, 0.15) is 87.7 Å². The summed E-state index contributed by atoms with van der Waals surface area (Å²) in [6.07, 6.45) is 6.78. The molecule has 2 aliphatic heterocycles. The Labute approximate surface area is 323 Å². The molecule has 296 valence electrons. The van der Waals surface area contributed by atoms with E-state index in [0.717, 1.165) is 114 Å². The molecule has 12 heteroatoms. The molecule has 2 fully saturated rings. The van der Waals surface area contributed by atoms with Crippen LogP contribution in [0.25, 0.3) is 0 Å². The van der Waals surface area contributed by atoms with E-state index >= 15 is 0 Å². The van der Waals surface area contributed by atoms with Gasteiger partial charge in [0.25, 0.3) is 5.91 Å². The standard InChI is InChI=1S/C41H63ClN4O6S/c1-7-30(2)31(3)53(48,49)43-40(47)33-14-17-39-38(26-33)46(19-9-8-11-32-25-36(42)15-12-35(32)28-52-39)27-34-13-16-37(34)41(4,51-6)29-45-22-20-44(21-23-45)18-10-24-50-5/h12,14-15,17,25-26,30-31,34,37H,7-11,13,16,18-24,27-29H2,1-6H3,(H,43,47)/t30-,31+,34-,37+,41?/m0/s1. The summed E-state index contributed by atoms with van der Waals surface area (Å²) < 4.78 is 47.0. The van der Waals surface area contributed by atoms with Gasteiger partial charge in [-0.25, -0.2) is 13.1 Å². The minimum atomic E-state index is -3.86. The molecule has 1 saturated carbocycles. The third-order valence-electron chi connectivity index (χ3n) is 12.4. The number of rotatable bonds is 15. The number of ether oxygens (including phenoxy) is 3. The van der Waals surface area contributed by atoms with Gasteiger partial charge in [0.05, 0.1) is 16.5 Å². The van der Waals surface area contributed by atoms with Crippen LogP contribution in [-0.2, 0) is 32.5 Å². The molecule has 53 heavy (non-hydrogen) atoms. The maximum atomic E-state index is 13.6. The van der Waals surface area contributed by atoms with Gasteiger partial charge in [0.15, 0.2) is 0 Å². The van der Waals surface area contributed by atoms with Gasteiger partial charge in [0.2, 0.25) is 10.0 Å². The van der Waals surface area contributed by atoms with Crippen molar-refractivity contribution >= 4 is 33.2 Å². The second-order valence-corrected chi connectivity index (χ2v) is 18.3. The molecule has 0 bridgehead atoms. The number of carbonyl (C=O) groups excluding carboxylic acids is 1. The van der Waals surface area contributed by atoms with Crippen LogP contribution >= 0.6 is 11.6 Å². The van der Waals surface area contributed by atoms with Gasteiger partial charge >= 0.3 is 0 Å². The topological polar surface area (TPSA) is 101 Å². The lowest BCUT2D eigenvalue weighted by atomic mass is 9.64. The number of anilines is 1. The minimum Gasteiger partial charge on any atom is -0.487 e. The second-order valence-electron chi connectivity index (χ2n) is 15.8. The summed E-state index contributed by atoms with van der Waals surface area (Å²) in [6, 6.07) is 11.3. The summed E-state index contributed by atoms with van der Waals surface area (Å²) in [7, 11) is -0.240. The number of piperazine rings is 1. The van der Waals surface area contributed by atoms with E-state index in [9.17, 15) is 13.2 Å². The van der Waals surface area contributed by atoms with Crippen molar-refractivity contribution in [2.45, 2.75) is 90.1 Å². The van der Waals surface area contributed by atoms with Crippen LogP contribution in [-0.4, -0.2) is 108 Å². The zero-order valence-electron chi connectivity index (χ0n) is 32.9. The maximum absolute atomic E-state index is 13.6. The number of nitrogens with zero attached hydrogens (tertiary/aromatic N) is 3. The highest BCUT2D eigenvalue weighted by atomic mass is 35.5. The number of carbonyl (C=O) groups is 1. The Hall–Kier alpha value is -2.41. The molecule has 1 N–H and O–H groups in total. The molecule has 2 aromatic carbocycles. The maximum Gasteiger partial charge on any atom is 0.264 e. The van der Waals surface area contributed by atoms with Gasteiger partial charge in [-0.1, -0.05) is 37.9 Å². The molecule has 0 spiro atoms. The van der Waals surface area contributed by atoms with E-state index in [0.29, 0.717) is 36.2 Å². The molecule has 0 radical (unpaired) electrons. The van der Waals surface area contributed by atoms with E-state index in [1.807, 2.05) is 51.3 Å². The van der Waals surface area contributed by atoms with Gasteiger partial charge < -0.3 is 24.0 Å². The van der Waals surface area contributed by atoms with Gasteiger partial charge in [0.1, 0.15) is 12.4 Å². The van der Waals surface area contributed by atoms with E-state index < -0.39 is 21.2 Å². The predicted octanol–water partition coefficient (Wildman–Crippen LogP) is 6.64. The highest BCUT2D eigenvalue weighted by molar-refractivity contribution is 7.90. The van der Waals surface area contributed by atoms with E-state index in [2.05, 4.69) is 26.3 Å². The van der Waals surface area contributed by atoms with Crippen LogP contribution in [0.5, 0.6) is 5.75 Å². The molecule has 1 saturated heterocycles. The van der Waals surface area contributed by atoms with Crippen molar-refractivity contribution in [1.82, 2.24) is 14.5 Å². The largest absolute Gasteiger partial charge is 0.487 e. The number of sulfonamides is 1. The average molecular weight is 775 g/mol. The molecule has 2 heterocycles. The number of methoxy groups -OCH3 is 2. The van der Waals surface area contributed by atoms with Crippen molar-refractivity contribution in [3.05, 3.63) is 58.1 Å². The fourth-order valence-electron chi connectivity index (χ4n) is 8.25. The Morgan fingerprint density at radius 1 is 1.02 bits per heavy atom. The van der Waals surface area contributed by atoms with Crippen LogP contribution < -0.4 is 14.4 Å². The third kappa shape index (κ3) is 10.7. The third-order valence-corrected chi connectivity index (χ3v) is 14.5. The first-order chi connectivity index (χ1) is 25.4. The van der Waals surface area contributed by atoms with E-state index in [-0.39, 0.29) is 11.5 Å². The SMILES string of the molecule is CC[C@H](C)[C@@H](C)S(=O)(=O)NC(=O)c1ccc2c(c1)N(C[C@@H]1CC[C@H]1C(C)(CN1CCN(CCCOC)CC1)OC)CCCCc1cc(Cl)ccc1CO2. The smallest absolute Gasteiger partial charge is 0.264 e. The first-order valence-corrected chi connectivity index (χ1v) is 21.6. The number of hydrogen-bond donors (Lipinski definition) is 1. The number of aryl methyl sites for hydroxylation is 1. The van der Waals surface area contributed by atoms with Crippen LogP contribution in [0, 0.1) is 17.8 Å². The van der Waals surface area contributed by atoms with Crippen LogP contribution in [0.2, 0.25) is 5.02 Å². The van der Waals surface area contributed by atoms with Crippen molar-refractivity contribution in [3.8, 4) is 5.75 Å². The molecule has 10 nitrogen and oxygen atoms in total. The Kier molecular flexibility index (Phi) is 14.9. The Morgan fingerprint density at radius 2 is 1.77 bits per heavy atom. The molecule has 1 unspecified atom stereocenters. The van der Waals surface area contributed by atoms with Gasteiger partial charge in [-0.2, -0.15) is 0 Å². The van der Waals surface area contributed by atoms with Crippen molar-refractivity contribution in [3.63, 3.8) is 0 Å². The van der Waals surface area contributed by atoms with Gasteiger partial charge in [-0.15, -0.1) is 0 Å². The molecule has 0 aromatic heterocycles. The van der Waals surface area contributed by atoms with Crippen molar-refractivity contribution in [2.75, 3.05) is 78.1 Å². The fourth-order valence-corrected chi connectivity index (χ4v) is 9.81. The Balaban J connectivity index is 1.37. The van der Waals surface area contributed by atoms with Gasteiger partial charge in [-0.05, 0) is 112 Å². The molecular formula is C41H63ClN4O6S. The van der Waals surface area contributed by atoms with E-state index in [1.165, 1.54) is 5.56 Å². The van der Waals surface area contributed by atoms with E-state index in [1.54, 1.807) is 20.1 Å². The van der Waals surface area contributed by atoms with Gasteiger partial charge in [-0.3, -0.25) is 9.69 Å². The number of hydrogen-bond acceptors (Lipinski definition) is 9.